The normalized spacial score (nSPS) is 20.4. The Kier molecular flexibility index (Phi) is 3.52. The van der Waals surface area contributed by atoms with Gasteiger partial charge < -0.3 is 9.52 Å². The van der Waals surface area contributed by atoms with E-state index < -0.39 is 5.97 Å². The third kappa shape index (κ3) is 2.69. The quantitative estimate of drug-likeness (QED) is 0.877. The molecule has 0 bridgehead atoms. The fourth-order valence-corrected chi connectivity index (χ4v) is 2.39. The summed E-state index contributed by atoms with van der Waals surface area (Å²) in [5, 5.41) is 8.95. The number of nitrogens with zero attached hydrogens (tertiary/aromatic N) is 1. The Bertz CT molecular complexity index is 391. The van der Waals surface area contributed by atoms with E-state index in [4.69, 9.17) is 9.52 Å². The van der Waals surface area contributed by atoms with Crippen molar-refractivity contribution in [3.63, 3.8) is 0 Å². The standard InChI is InChI=1S/C13H19NO3/c1-9-3-4-12(17-9)10(2)14-7-5-11(6-8-14)13(15)16/h3-4,10-11H,5-8H2,1-2H3,(H,15,16). The first-order valence-corrected chi connectivity index (χ1v) is 6.11. The van der Waals surface area contributed by atoms with E-state index in [2.05, 4.69) is 11.8 Å². The molecule has 1 aliphatic rings. The molecule has 1 saturated heterocycles. The second-order valence-electron chi connectivity index (χ2n) is 4.77. The van der Waals surface area contributed by atoms with Gasteiger partial charge in [-0.05, 0) is 51.9 Å². The van der Waals surface area contributed by atoms with E-state index in [0.717, 1.165) is 37.5 Å². The van der Waals surface area contributed by atoms with Gasteiger partial charge in [0.1, 0.15) is 11.5 Å². The molecule has 1 aromatic heterocycles. The van der Waals surface area contributed by atoms with Crippen molar-refractivity contribution in [1.29, 1.82) is 0 Å². The lowest BCUT2D eigenvalue weighted by Gasteiger charge is -2.33. The van der Waals surface area contributed by atoms with Crippen molar-refractivity contribution >= 4 is 5.97 Å². The van der Waals surface area contributed by atoms with Crippen LogP contribution in [0.25, 0.3) is 0 Å². The Balaban J connectivity index is 1.94. The molecule has 1 aromatic rings. The van der Waals surface area contributed by atoms with E-state index in [9.17, 15) is 4.79 Å². The molecule has 0 saturated carbocycles. The molecule has 1 unspecified atom stereocenters. The van der Waals surface area contributed by atoms with Crippen LogP contribution in [0.5, 0.6) is 0 Å². The molecule has 1 N–H and O–H groups in total. The number of carboxylic acids is 1. The third-order valence-electron chi connectivity index (χ3n) is 3.60. The van der Waals surface area contributed by atoms with Crippen LogP contribution in [0, 0.1) is 12.8 Å². The zero-order valence-corrected chi connectivity index (χ0v) is 10.3. The summed E-state index contributed by atoms with van der Waals surface area (Å²) in [6, 6.07) is 4.21. The molecule has 17 heavy (non-hydrogen) atoms. The first kappa shape index (κ1) is 12.2. The predicted molar refractivity (Wildman–Crippen MR) is 63.8 cm³/mol. The van der Waals surface area contributed by atoms with Gasteiger partial charge in [0.05, 0.1) is 12.0 Å². The zero-order chi connectivity index (χ0) is 12.4. The molecule has 0 spiro atoms. The maximum absolute atomic E-state index is 10.9. The van der Waals surface area contributed by atoms with Crippen molar-refractivity contribution in [3.05, 3.63) is 23.7 Å². The Morgan fingerprint density at radius 1 is 1.47 bits per heavy atom. The van der Waals surface area contributed by atoms with Gasteiger partial charge in [-0.15, -0.1) is 0 Å². The number of piperidine rings is 1. The average Bonchev–Trinajstić information content (AvgIpc) is 2.75. The van der Waals surface area contributed by atoms with Crippen LogP contribution in [0.3, 0.4) is 0 Å². The third-order valence-corrected chi connectivity index (χ3v) is 3.60. The van der Waals surface area contributed by atoms with Crippen molar-refractivity contribution in [2.45, 2.75) is 32.7 Å². The summed E-state index contributed by atoms with van der Waals surface area (Å²) in [4.78, 5) is 13.2. The molecule has 2 heterocycles. The van der Waals surface area contributed by atoms with E-state index in [1.807, 2.05) is 19.1 Å². The van der Waals surface area contributed by atoms with Crippen molar-refractivity contribution < 1.29 is 14.3 Å². The monoisotopic (exact) mass is 237 g/mol. The van der Waals surface area contributed by atoms with Gasteiger partial charge in [-0.1, -0.05) is 0 Å². The number of aliphatic carboxylic acids is 1. The molecule has 2 rings (SSSR count). The van der Waals surface area contributed by atoms with Gasteiger partial charge >= 0.3 is 5.97 Å². The SMILES string of the molecule is Cc1ccc(C(C)N2CCC(C(=O)O)CC2)o1. The number of hydrogen-bond acceptors (Lipinski definition) is 3. The van der Waals surface area contributed by atoms with Crippen LogP contribution in [0.15, 0.2) is 16.5 Å². The summed E-state index contributed by atoms with van der Waals surface area (Å²) in [6.45, 7) is 5.71. The lowest BCUT2D eigenvalue weighted by atomic mass is 9.96. The average molecular weight is 237 g/mol. The van der Waals surface area contributed by atoms with Crippen LogP contribution >= 0.6 is 0 Å². The highest BCUT2D eigenvalue weighted by Crippen LogP contribution is 2.27. The molecule has 0 radical (unpaired) electrons. The van der Waals surface area contributed by atoms with E-state index in [-0.39, 0.29) is 12.0 Å². The maximum Gasteiger partial charge on any atom is 0.306 e. The summed E-state index contributed by atoms with van der Waals surface area (Å²) in [7, 11) is 0. The molecule has 1 fully saturated rings. The van der Waals surface area contributed by atoms with E-state index in [0.29, 0.717) is 0 Å². The highest BCUT2D eigenvalue weighted by Gasteiger charge is 2.28. The van der Waals surface area contributed by atoms with E-state index >= 15 is 0 Å². The number of aryl methyl sites for hydroxylation is 1. The van der Waals surface area contributed by atoms with Crippen molar-refractivity contribution in [2.75, 3.05) is 13.1 Å². The summed E-state index contributed by atoms with van der Waals surface area (Å²) in [5.74, 6) is 1.06. The van der Waals surface area contributed by atoms with Crippen LogP contribution < -0.4 is 0 Å². The van der Waals surface area contributed by atoms with Crippen LogP contribution in [-0.2, 0) is 4.79 Å². The second-order valence-corrected chi connectivity index (χ2v) is 4.77. The van der Waals surface area contributed by atoms with Crippen molar-refractivity contribution in [1.82, 2.24) is 4.90 Å². The van der Waals surface area contributed by atoms with Crippen molar-refractivity contribution in [3.8, 4) is 0 Å². The summed E-state index contributed by atoms with van der Waals surface area (Å²) < 4.78 is 5.61. The molecule has 0 aliphatic carbocycles. The number of rotatable bonds is 3. The van der Waals surface area contributed by atoms with Crippen molar-refractivity contribution in [2.24, 2.45) is 5.92 Å². The van der Waals surface area contributed by atoms with Gasteiger partial charge in [0.25, 0.3) is 0 Å². The van der Waals surface area contributed by atoms with Crippen LogP contribution in [0.2, 0.25) is 0 Å². The van der Waals surface area contributed by atoms with Gasteiger partial charge in [-0.25, -0.2) is 0 Å². The Hall–Kier alpha value is -1.29. The lowest BCUT2D eigenvalue weighted by molar-refractivity contribution is -0.143. The Morgan fingerprint density at radius 2 is 2.12 bits per heavy atom. The molecule has 0 amide bonds. The smallest absolute Gasteiger partial charge is 0.306 e. The van der Waals surface area contributed by atoms with Gasteiger partial charge in [-0.2, -0.15) is 0 Å². The van der Waals surface area contributed by atoms with Gasteiger partial charge in [0.15, 0.2) is 0 Å². The topological polar surface area (TPSA) is 53.7 Å². The molecular formula is C13H19NO3. The summed E-state index contributed by atoms with van der Waals surface area (Å²) in [6.07, 6.45) is 1.47. The number of carbonyl (C=O) groups is 1. The molecule has 1 aliphatic heterocycles. The second kappa shape index (κ2) is 4.92. The zero-order valence-electron chi connectivity index (χ0n) is 10.3. The Morgan fingerprint density at radius 3 is 2.59 bits per heavy atom. The molecule has 4 heteroatoms. The minimum atomic E-state index is -0.661. The minimum absolute atomic E-state index is 0.170. The molecular weight excluding hydrogens is 218 g/mol. The fourth-order valence-electron chi connectivity index (χ4n) is 2.39. The number of carboxylic acid groups (broad SMARTS) is 1. The summed E-state index contributed by atoms with van der Waals surface area (Å²) in [5.41, 5.74) is 0. The lowest BCUT2D eigenvalue weighted by Crippen LogP contribution is -2.37. The molecule has 4 nitrogen and oxygen atoms in total. The van der Waals surface area contributed by atoms with E-state index in [1.54, 1.807) is 0 Å². The minimum Gasteiger partial charge on any atom is -0.481 e. The number of likely N-dealkylation sites (tertiary alicyclic amines) is 1. The largest absolute Gasteiger partial charge is 0.481 e. The Labute approximate surface area is 101 Å². The fraction of sp³-hybridized carbons (Fsp3) is 0.615. The summed E-state index contributed by atoms with van der Waals surface area (Å²) >= 11 is 0. The predicted octanol–water partition coefficient (Wildman–Crippen LogP) is 2.45. The van der Waals surface area contributed by atoms with Crippen LogP contribution in [0.4, 0.5) is 0 Å². The van der Waals surface area contributed by atoms with Gasteiger partial charge in [0, 0.05) is 0 Å². The molecule has 94 valence electrons. The van der Waals surface area contributed by atoms with Gasteiger partial charge in [-0.3, -0.25) is 9.69 Å². The maximum atomic E-state index is 10.9. The van der Waals surface area contributed by atoms with Crippen LogP contribution in [-0.4, -0.2) is 29.1 Å². The highest BCUT2D eigenvalue weighted by molar-refractivity contribution is 5.70. The first-order valence-electron chi connectivity index (χ1n) is 6.11. The number of hydrogen-bond donors (Lipinski definition) is 1. The van der Waals surface area contributed by atoms with Crippen LogP contribution in [0.1, 0.15) is 37.3 Å². The first-order chi connectivity index (χ1) is 8.08. The highest BCUT2D eigenvalue weighted by atomic mass is 16.4. The number of furan rings is 1. The molecule has 0 aromatic carbocycles. The van der Waals surface area contributed by atoms with Gasteiger partial charge in [0.2, 0.25) is 0 Å². The molecule has 1 atom stereocenters. The van der Waals surface area contributed by atoms with E-state index in [1.165, 1.54) is 0 Å².